The van der Waals surface area contributed by atoms with Crippen LogP contribution in [-0.2, 0) is 0 Å². The number of aryl methyl sites for hydroxylation is 1. The first kappa shape index (κ1) is 27.5. The Balaban J connectivity index is 0.000000403. The fourth-order valence-electron chi connectivity index (χ4n) is 5.18. The van der Waals surface area contributed by atoms with Crippen LogP contribution in [0.5, 0.6) is 0 Å². The van der Waals surface area contributed by atoms with Crippen LogP contribution in [0.15, 0.2) is 100 Å². The van der Waals surface area contributed by atoms with Gasteiger partial charge in [0.2, 0.25) is 0 Å². The van der Waals surface area contributed by atoms with E-state index in [1.54, 1.807) is 25.4 Å². The second kappa shape index (κ2) is 12.8. The SMILES string of the molecule is Cc1cc(N2/C3=C/CCC(=N)/C(NC4=CN=CC=CC4)=C\C3=Nc3ccccc32)ccc1F.OC1CCCCC1. The van der Waals surface area contributed by atoms with Crippen LogP contribution in [-0.4, -0.2) is 28.8 Å². The maximum Gasteiger partial charge on any atom is 0.126 e. The highest BCUT2D eigenvalue weighted by atomic mass is 19.1. The lowest BCUT2D eigenvalue weighted by atomic mass is 9.98. The second-order valence-corrected chi connectivity index (χ2v) is 10.4. The molecule has 0 spiro atoms. The van der Waals surface area contributed by atoms with Gasteiger partial charge < -0.3 is 20.7 Å². The summed E-state index contributed by atoms with van der Waals surface area (Å²) in [4.78, 5) is 11.3. The van der Waals surface area contributed by atoms with Gasteiger partial charge in [0.15, 0.2) is 0 Å². The normalized spacial score (nSPS) is 21.5. The number of anilines is 2. The maximum atomic E-state index is 14.0. The average Bonchev–Trinajstić information content (AvgIpc) is 3.23. The molecule has 2 aliphatic carbocycles. The number of hydrogen-bond donors (Lipinski definition) is 3. The number of nitrogens with one attached hydrogen (secondary N) is 2. The van der Waals surface area contributed by atoms with Gasteiger partial charge in [-0.3, -0.25) is 4.99 Å². The van der Waals surface area contributed by atoms with E-state index in [2.05, 4.69) is 21.3 Å². The van der Waals surface area contributed by atoms with Gasteiger partial charge in [-0.1, -0.05) is 43.5 Å². The molecule has 3 N–H and O–H groups in total. The van der Waals surface area contributed by atoms with E-state index >= 15 is 0 Å². The Kier molecular flexibility index (Phi) is 8.81. The van der Waals surface area contributed by atoms with E-state index < -0.39 is 0 Å². The molecule has 6 rings (SSSR count). The van der Waals surface area contributed by atoms with E-state index in [1.165, 1.54) is 25.3 Å². The predicted octanol–water partition coefficient (Wildman–Crippen LogP) is 7.71. The van der Waals surface area contributed by atoms with Gasteiger partial charge in [0.1, 0.15) is 5.82 Å². The summed E-state index contributed by atoms with van der Waals surface area (Å²) in [6.07, 6.45) is 19.5. The molecular weight excluding hydrogens is 501 g/mol. The Morgan fingerprint density at radius 3 is 2.70 bits per heavy atom. The van der Waals surface area contributed by atoms with Gasteiger partial charge in [-0.2, -0.15) is 0 Å². The van der Waals surface area contributed by atoms with Crippen molar-refractivity contribution in [2.45, 2.75) is 64.4 Å². The zero-order chi connectivity index (χ0) is 27.9. The molecule has 0 aromatic heterocycles. The van der Waals surface area contributed by atoms with Crippen molar-refractivity contribution in [3.63, 3.8) is 0 Å². The number of aliphatic hydroxyl groups excluding tert-OH is 1. The largest absolute Gasteiger partial charge is 0.393 e. The van der Waals surface area contributed by atoms with Crippen LogP contribution in [0, 0.1) is 18.2 Å². The van der Waals surface area contributed by atoms with E-state index in [-0.39, 0.29) is 11.9 Å². The highest BCUT2D eigenvalue weighted by Gasteiger charge is 2.27. The minimum Gasteiger partial charge on any atom is -0.393 e. The van der Waals surface area contributed by atoms with E-state index in [9.17, 15) is 4.39 Å². The summed E-state index contributed by atoms with van der Waals surface area (Å²) >= 11 is 0. The molecule has 0 unspecified atom stereocenters. The second-order valence-electron chi connectivity index (χ2n) is 10.4. The molecule has 40 heavy (non-hydrogen) atoms. The lowest BCUT2D eigenvalue weighted by Gasteiger charge is -2.33. The van der Waals surface area contributed by atoms with E-state index in [1.807, 2.05) is 48.6 Å². The van der Waals surface area contributed by atoms with Gasteiger partial charge in [-0.05, 0) is 80.7 Å². The third-order valence-electron chi connectivity index (χ3n) is 7.35. The molecule has 7 heteroatoms. The maximum absolute atomic E-state index is 14.0. The van der Waals surface area contributed by atoms with E-state index in [0.29, 0.717) is 36.2 Å². The Morgan fingerprint density at radius 1 is 1.10 bits per heavy atom. The quantitative estimate of drug-likeness (QED) is 0.375. The molecule has 1 saturated carbocycles. The zero-order valence-electron chi connectivity index (χ0n) is 22.9. The Labute approximate surface area is 235 Å². The van der Waals surface area contributed by atoms with Crippen molar-refractivity contribution in [3.8, 4) is 0 Å². The molecule has 2 heterocycles. The number of hydrogen-bond acceptors (Lipinski definition) is 6. The van der Waals surface area contributed by atoms with Crippen LogP contribution in [0.1, 0.15) is 56.9 Å². The molecule has 0 saturated heterocycles. The number of halogens is 1. The van der Waals surface area contributed by atoms with Gasteiger partial charge in [0.25, 0.3) is 0 Å². The Morgan fingerprint density at radius 2 is 1.93 bits per heavy atom. The fraction of sp³-hybridized carbons (Fsp3) is 0.303. The average molecular weight is 538 g/mol. The fourth-order valence-corrected chi connectivity index (χ4v) is 5.18. The number of rotatable bonds is 3. The van der Waals surface area contributed by atoms with Crippen LogP contribution in [0.3, 0.4) is 0 Å². The number of nitrogens with zero attached hydrogens (tertiary/aromatic N) is 3. The van der Waals surface area contributed by atoms with Crippen LogP contribution in [0.2, 0.25) is 0 Å². The number of allylic oxidation sites excluding steroid dienone is 5. The molecule has 6 nitrogen and oxygen atoms in total. The van der Waals surface area contributed by atoms with Gasteiger partial charge in [0, 0.05) is 30.2 Å². The smallest absolute Gasteiger partial charge is 0.126 e. The third-order valence-corrected chi connectivity index (χ3v) is 7.35. The van der Waals surface area contributed by atoms with E-state index in [0.717, 1.165) is 47.0 Å². The molecule has 0 amide bonds. The summed E-state index contributed by atoms with van der Waals surface area (Å²) in [5, 5.41) is 20.9. The number of aliphatic imine (C=N–C) groups is 2. The molecule has 0 bridgehead atoms. The monoisotopic (exact) mass is 537 g/mol. The van der Waals surface area contributed by atoms with Gasteiger partial charge >= 0.3 is 0 Å². The molecule has 0 atom stereocenters. The molecule has 206 valence electrons. The molecule has 4 aliphatic rings. The molecule has 2 aromatic rings. The summed E-state index contributed by atoms with van der Waals surface area (Å²) < 4.78 is 14.0. The molecule has 1 fully saturated rings. The third kappa shape index (κ3) is 6.54. The van der Waals surface area contributed by atoms with Crippen molar-refractivity contribution >= 4 is 34.7 Å². The summed E-state index contributed by atoms with van der Waals surface area (Å²) in [5.41, 5.74) is 7.09. The molecule has 2 aromatic carbocycles. The first-order valence-electron chi connectivity index (χ1n) is 14.1. The zero-order valence-corrected chi connectivity index (χ0v) is 22.9. The lowest BCUT2D eigenvalue weighted by molar-refractivity contribution is 0.130. The van der Waals surface area contributed by atoms with Crippen molar-refractivity contribution in [3.05, 3.63) is 101 Å². The number of fused-ring (bicyclic) bond motifs is 2. The first-order valence-corrected chi connectivity index (χ1v) is 14.1. The Bertz CT molecular complexity index is 1440. The number of para-hydroxylation sites is 2. The van der Waals surface area contributed by atoms with Crippen molar-refractivity contribution in [1.82, 2.24) is 5.32 Å². The minimum absolute atomic E-state index is 0.0359. The van der Waals surface area contributed by atoms with Crippen molar-refractivity contribution in [2.75, 3.05) is 4.90 Å². The van der Waals surface area contributed by atoms with Crippen LogP contribution in [0.4, 0.5) is 21.5 Å². The number of benzene rings is 2. The summed E-state index contributed by atoms with van der Waals surface area (Å²) in [7, 11) is 0. The van der Waals surface area contributed by atoms with Gasteiger partial charge in [-0.25, -0.2) is 9.38 Å². The highest BCUT2D eigenvalue weighted by Crippen LogP contribution is 2.42. The van der Waals surface area contributed by atoms with Crippen LogP contribution >= 0.6 is 0 Å². The lowest BCUT2D eigenvalue weighted by Crippen LogP contribution is -2.29. The standard InChI is InChI=1S/C27H24FN5.C6H12O/c1-18-15-20(12-13-21(18)28)33-26-10-3-2-9-23(26)32-25-16-24(22(29)8-6-11-27(25)33)31-19-7-4-5-14-30-17-19;7-6-4-2-1-3-5-6/h2-5,9-17,29,31H,6-8H2,1H3;6-7H,1-5H2/b24-16+,27-11+,29-22?;. The van der Waals surface area contributed by atoms with Crippen molar-refractivity contribution in [2.24, 2.45) is 9.98 Å². The molecular formula is C33H36FN5O. The Hall–Kier alpha value is -4.10. The van der Waals surface area contributed by atoms with Crippen LogP contribution < -0.4 is 10.2 Å². The van der Waals surface area contributed by atoms with E-state index in [4.69, 9.17) is 15.5 Å². The predicted molar refractivity (Wildman–Crippen MR) is 162 cm³/mol. The van der Waals surface area contributed by atoms with Crippen LogP contribution in [0.25, 0.3) is 0 Å². The molecule has 2 aliphatic heterocycles. The van der Waals surface area contributed by atoms with Crippen molar-refractivity contribution < 1.29 is 9.50 Å². The first-order chi connectivity index (χ1) is 19.5. The van der Waals surface area contributed by atoms with Crippen molar-refractivity contribution in [1.29, 1.82) is 5.41 Å². The van der Waals surface area contributed by atoms with Gasteiger partial charge in [0.05, 0.1) is 40.3 Å². The highest BCUT2D eigenvalue weighted by molar-refractivity contribution is 6.19. The van der Waals surface area contributed by atoms with Gasteiger partial charge in [-0.15, -0.1) is 0 Å². The summed E-state index contributed by atoms with van der Waals surface area (Å²) in [5.74, 6) is -0.224. The number of aliphatic hydroxyl groups is 1. The topological polar surface area (TPSA) is 84.1 Å². The summed E-state index contributed by atoms with van der Waals surface area (Å²) in [6, 6.07) is 13.1. The summed E-state index contributed by atoms with van der Waals surface area (Å²) in [6.45, 7) is 1.77. The minimum atomic E-state index is -0.224. The molecule has 0 radical (unpaired) electrons.